The summed E-state index contributed by atoms with van der Waals surface area (Å²) in [5, 5.41) is 3.58. The van der Waals surface area contributed by atoms with E-state index in [0.717, 1.165) is 18.5 Å². The molecule has 0 spiro atoms. The third kappa shape index (κ3) is 4.97. The third-order valence-corrected chi connectivity index (χ3v) is 3.09. The maximum absolute atomic E-state index is 3.58. The Morgan fingerprint density at radius 3 is 2.43 bits per heavy atom. The molecule has 2 nitrogen and oxygen atoms in total. The third-order valence-electron chi connectivity index (χ3n) is 3.09. The van der Waals surface area contributed by atoms with E-state index >= 15 is 0 Å². The van der Waals surface area contributed by atoms with Crippen molar-refractivity contribution in [3.63, 3.8) is 0 Å². The topological polar surface area (TPSA) is 15.3 Å². The van der Waals surface area contributed by atoms with Gasteiger partial charge in [-0.25, -0.2) is 0 Å². The summed E-state index contributed by atoms with van der Waals surface area (Å²) >= 11 is 0. The average molecular weight is 198 g/mol. The van der Waals surface area contributed by atoms with E-state index in [1.165, 1.54) is 25.8 Å². The van der Waals surface area contributed by atoms with E-state index in [2.05, 4.69) is 38.0 Å². The Hall–Kier alpha value is -0.0800. The van der Waals surface area contributed by atoms with Crippen LogP contribution in [0, 0.1) is 5.92 Å². The van der Waals surface area contributed by atoms with Crippen LogP contribution in [0.2, 0.25) is 0 Å². The van der Waals surface area contributed by atoms with Crippen molar-refractivity contribution in [3.05, 3.63) is 0 Å². The zero-order valence-electron chi connectivity index (χ0n) is 10.2. The Labute approximate surface area is 89.1 Å². The van der Waals surface area contributed by atoms with Crippen LogP contribution in [-0.4, -0.2) is 37.1 Å². The van der Waals surface area contributed by atoms with Gasteiger partial charge in [0, 0.05) is 18.6 Å². The van der Waals surface area contributed by atoms with Crippen molar-refractivity contribution in [2.24, 2.45) is 5.92 Å². The lowest BCUT2D eigenvalue weighted by Crippen LogP contribution is -2.39. The Kier molecular flexibility index (Phi) is 4.90. The standard InChI is InChI=1S/C12H26N2/c1-10(2)7-8-14(4)11(3)9-13-12-5-6-12/h10-13H,5-9H2,1-4H3. The summed E-state index contributed by atoms with van der Waals surface area (Å²) in [4.78, 5) is 2.47. The van der Waals surface area contributed by atoms with E-state index in [-0.39, 0.29) is 0 Å². The Bertz CT molecular complexity index is 142. The molecule has 1 atom stereocenters. The zero-order valence-corrected chi connectivity index (χ0v) is 10.2. The molecule has 2 heteroatoms. The minimum Gasteiger partial charge on any atom is -0.312 e. The number of nitrogens with one attached hydrogen (secondary N) is 1. The highest BCUT2D eigenvalue weighted by atomic mass is 15.1. The number of hydrogen-bond acceptors (Lipinski definition) is 2. The van der Waals surface area contributed by atoms with Gasteiger partial charge in [0.1, 0.15) is 0 Å². The van der Waals surface area contributed by atoms with Gasteiger partial charge in [0.2, 0.25) is 0 Å². The first-order chi connectivity index (χ1) is 6.59. The summed E-state index contributed by atoms with van der Waals surface area (Å²) in [7, 11) is 2.24. The van der Waals surface area contributed by atoms with Crippen LogP contribution in [0.1, 0.15) is 40.0 Å². The molecule has 0 aromatic rings. The van der Waals surface area contributed by atoms with Gasteiger partial charge < -0.3 is 10.2 Å². The number of hydrogen-bond donors (Lipinski definition) is 1. The first kappa shape index (κ1) is 12.0. The molecular weight excluding hydrogens is 172 g/mol. The SMILES string of the molecule is CC(C)CCN(C)C(C)CNC1CC1. The van der Waals surface area contributed by atoms with Gasteiger partial charge >= 0.3 is 0 Å². The van der Waals surface area contributed by atoms with E-state index in [0.29, 0.717) is 6.04 Å². The number of rotatable bonds is 7. The van der Waals surface area contributed by atoms with Crippen LogP contribution in [0.25, 0.3) is 0 Å². The second kappa shape index (κ2) is 5.72. The first-order valence-corrected chi connectivity index (χ1v) is 6.03. The molecule has 0 saturated heterocycles. The molecule has 0 bridgehead atoms. The molecule has 0 amide bonds. The summed E-state index contributed by atoms with van der Waals surface area (Å²) in [5.41, 5.74) is 0. The van der Waals surface area contributed by atoms with E-state index < -0.39 is 0 Å². The highest BCUT2D eigenvalue weighted by Gasteiger charge is 2.21. The van der Waals surface area contributed by atoms with Crippen LogP contribution in [0.15, 0.2) is 0 Å². The minimum atomic E-state index is 0.675. The van der Waals surface area contributed by atoms with Gasteiger partial charge in [-0.2, -0.15) is 0 Å². The minimum absolute atomic E-state index is 0.675. The lowest BCUT2D eigenvalue weighted by molar-refractivity contribution is 0.237. The quantitative estimate of drug-likeness (QED) is 0.674. The summed E-state index contributed by atoms with van der Waals surface area (Å²) < 4.78 is 0. The predicted octanol–water partition coefficient (Wildman–Crippen LogP) is 2.10. The van der Waals surface area contributed by atoms with Crippen molar-refractivity contribution in [1.29, 1.82) is 0 Å². The van der Waals surface area contributed by atoms with Crippen LogP contribution in [0.5, 0.6) is 0 Å². The maximum Gasteiger partial charge on any atom is 0.0189 e. The van der Waals surface area contributed by atoms with Crippen molar-refractivity contribution < 1.29 is 0 Å². The largest absolute Gasteiger partial charge is 0.312 e. The molecule has 0 heterocycles. The highest BCUT2D eigenvalue weighted by Crippen LogP contribution is 2.18. The van der Waals surface area contributed by atoms with Crippen LogP contribution < -0.4 is 5.32 Å². The normalized spacial score (nSPS) is 19.3. The van der Waals surface area contributed by atoms with Gasteiger partial charge in [-0.3, -0.25) is 0 Å². The Morgan fingerprint density at radius 1 is 1.29 bits per heavy atom. The fraction of sp³-hybridized carbons (Fsp3) is 1.00. The molecular formula is C12H26N2. The second-order valence-corrected chi connectivity index (χ2v) is 5.19. The summed E-state index contributed by atoms with van der Waals surface area (Å²) in [6.45, 7) is 9.28. The van der Waals surface area contributed by atoms with Crippen LogP contribution >= 0.6 is 0 Å². The summed E-state index contributed by atoms with van der Waals surface area (Å²) in [6.07, 6.45) is 4.09. The van der Waals surface area contributed by atoms with E-state index in [9.17, 15) is 0 Å². The van der Waals surface area contributed by atoms with Gasteiger partial charge in [0.05, 0.1) is 0 Å². The smallest absolute Gasteiger partial charge is 0.0189 e. The molecule has 1 N–H and O–H groups in total. The summed E-state index contributed by atoms with van der Waals surface area (Å²) in [5.74, 6) is 0.820. The molecule has 1 saturated carbocycles. The van der Waals surface area contributed by atoms with Crippen LogP contribution in [-0.2, 0) is 0 Å². The van der Waals surface area contributed by atoms with E-state index in [1.807, 2.05) is 0 Å². The van der Waals surface area contributed by atoms with E-state index in [4.69, 9.17) is 0 Å². The van der Waals surface area contributed by atoms with Gasteiger partial charge in [-0.05, 0) is 45.7 Å². The molecule has 0 aromatic carbocycles. The molecule has 14 heavy (non-hydrogen) atoms. The van der Waals surface area contributed by atoms with Crippen molar-refractivity contribution in [3.8, 4) is 0 Å². The lowest BCUT2D eigenvalue weighted by atomic mass is 10.1. The van der Waals surface area contributed by atoms with Crippen molar-refractivity contribution in [2.45, 2.75) is 52.1 Å². The average Bonchev–Trinajstić information content (AvgIpc) is 2.93. The highest BCUT2D eigenvalue weighted by molar-refractivity contribution is 4.82. The molecule has 0 aliphatic heterocycles. The van der Waals surface area contributed by atoms with Gasteiger partial charge in [0.15, 0.2) is 0 Å². The lowest BCUT2D eigenvalue weighted by Gasteiger charge is -2.25. The number of likely N-dealkylation sites (N-methyl/N-ethyl adjacent to an activating group) is 1. The van der Waals surface area contributed by atoms with Crippen LogP contribution in [0.3, 0.4) is 0 Å². The fourth-order valence-corrected chi connectivity index (χ4v) is 1.46. The molecule has 84 valence electrons. The van der Waals surface area contributed by atoms with Crippen molar-refractivity contribution >= 4 is 0 Å². The van der Waals surface area contributed by atoms with Gasteiger partial charge in [-0.1, -0.05) is 13.8 Å². The first-order valence-electron chi connectivity index (χ1n) is 6.03. The summed E-state index contributed by atoms with van der Waals surface area (Å²) in [6, 6.07) is 1.52. The van der Waals surface area contributed by atoms with Crippen molar-refractivity contribution in [2.75, 3.05) is 20.1 Å². The molecule has 1 unspecified atom stereocenters. The molecule has 1 aliphatic carbocycles. The number of nitrogens with zero attached hydrogens (tertiary/aromatic N) is 1. The van der Waals surface area contributed by atoms with Crippen molar-refractivity contribution in [1.82, 2.24) is 10.2 Å². The molecule has 1 aliphatic rings. The van der Waals surface area contributed by atoms with Gasteiger partial charge in [-0.15, -0.1) is 0 Å². The fourth-order valence-electron chi connectivity index (χ4n) is 1.46. The molecule has 0 radical (unpaired) electrons. The monoisotopic (exact) mass is 198 g/mol. The maximum atomic E-state index is 3.58. The Balaban J connectivity index is 2.04. The zero-order chi connectivity index (χ0) is 10.6. The van der Waals surface area contributed by atoms with Gasteiger partial charge in [0.25, 0.3) is 0 Å². The second-order valence-electron chi connectivity index (χ2n) is 5.19. The predicted molar refractivity (Wildman–Crippen MR) is 62.6 cm³/mol. The molecule has 1 fully saturated rings. The van der Waals surface area contributed by atoms with Crippen LogP contribution in [0.4, 0.5) is 0 Å². The molecule has 0 aromatic heterocycles. The Morgan fingerprint density at radius 2 is 1.93 bits per heavy atom. The van der Waals surface area contributed by atoms with E-state index in [1.54, 1.807) is 0 Å². The molecule has 1 rings (SSSR count).